The van der Waals surface area contributed by atoms with E-state index in [1.165, 1.54) is 0 Å². The largest absolute Gasteiger partial charge is 0.330 e. The lowest BCUT2D eigenvalue weighted by molar-refractivity contribution is 0.175. The summed E-state index contributed by atoms with van der Waals surface area (Å²) in [5.41, 5.74) is 6.58. The van der Waals surface area contributed by atoms with Gasteiger partial charge in [0.25, 0.3) is 0 Å². The maximum Gasteiger partial charge on any atom is 0.322 e. The first-order valence-electron chi connectivity index (χ1n) is 7.19. The maximum atomic E-state index is 12.4. The average molecular weight is 296 g/mol. The van der Waals surface area contributed by atoms with Crippen molar-refractivity contribution in [2.75, 3.05) is 18.4 Å². The minimum absolute atomic E-state index is 0.0554. The number of carbonyl (C=O) groups excluding carboxylic acids is 1. The van der Waals surface area contributed by atoms with E-state index in [-0.39, 0.29) is 12.1 Å². The summed E-state index contributed by atoms with van der Waals surface area (Å²) in [6.07, 6.45) is 3.31. The van der Waals surface area contributed by atoms with E-state index in [0.29, 0.717) is 24.0 Å². The summed E-state index contributed by atoms with van der Waals surface area (Å²) in [6.45, 7) is 3.35. The minimum Gasteiger partial charge on any atom is -0.330 e. The molecule has 0 aromatic heterocycles. The van der Waals surface area contributed by atoms with E-state index in [1.54, 1.807) is 12.1 Å². The molecular weight excluding hydrogens is 274 g/mol. The number of hydrogen-bond donors (Lipinski definition) is 2. The van der Waals surface area contributed by atoms with Crippen LogP contribution < -0.4 is 11.1 Å². The maximum absolute atomic E-state index is 12.4. The van der Waals surface area contributed by atoms with Gasteiger partial charge in [-0.3, -0.25) is 0 Å². The second kappa shape index (κ2) is 6.95. The topological polar surface area (TPSA) is 58.4 Å². The van der Waals surface area contributed by atoms with Gasteiger partial charge in [-0.05, 0) is 56.5 Å². The third kappa shape index (κ3) is 3.44. The van der Waals surface area contributed by atoms with Crippen molar-refractivity contribution >= 4 is 23.3 Å². The molecule has 1 aliphatic carbocycles. The quantitative estimate of drug-likeness (QED) is 0.895. The molecule has 1 saturated carbocycles. The molecular formula is C15H22ClN3O. The molecule has 110 valence electrons. The molecule has 1 aromatic rings. The van der Waals surface area contributed by atoms with Crippen LogP contribution in [-0.4, -0.2) is 30.1 Å². The van der Waals surface area contributed by atoms with Gasteiger partial charge in [0.15, 0.2) is 0 Å². The Labute approximate surface area is 125 Å². The molecule has 2 unspecified atom stereocenters. The van der Waals surface area contributed by atoms with Crippen molar-refractivity contribution in [3.05, 3.63) is 29.3 Å². The third-order valence-corrected chi connectivity index (χ3v) is 4.27. The predicted molar refractivity (Wildman–Crippen MR) is 83.0 cm³/mol. The van der Waals surface area contributed by atoms with Gasteiger partial charge >= 0.3 is 6.03 Å². The van der Waals surface area contributed by atoms with Crippen molar-refractivity contribution in [3.63, 3.8) is 0 Å². The molecule has 2 amide bonds. The second-order valence-corrected chi connectivity index (χ2v) is 5.65. The Hall–Kier alpha value is -1.26. The number of benzene rings is 1. The molecule has 2 rings (SSSR count). The van der Waals surface area contributed by atoms with E-state index in [9.17, 15) is 4.79 Å². The molecule has 0 aliphatic heterocycles. The van der Waals surface area contributed by atoms with Crippen LogP contribution in [0.25, 0.3) is 0 Å². The van der Waals surface area contributed by atoms with Gasteiger partial charge in [-0.15, -0.1) is 0 Å². The molecule has 20 heavy (non-hydrogen) atoms. The van der Waals surface area contributed by atoms with Crippen LogP contribution >= 0.6 is 11.6 Å². The smallest absolute Gasteiger partial charge is 0.322 e. The van der Waals surface area contributed by atoms with Gasteiger partial charge < -0.3 is 16.0 Å². The highest BCUT2D eigenvalue weighted by molar-refractivity contribution is 6.30. The first kappa shape index (κ1) is 15.1. The molecule has 0 spiro atoms. The van der Waals surface area contributed by atoms with Gasteiger partial charge in [-0.1, -0.05) is 18.0 Å². The number of halogens is 1. The van der Waals surface area contributed by atoms with Gasteiger partial charge in [0, 0.05) is 23.3 Å². The lowest BCUT2D eigenvalue weighted by Crippen LogP contribution is -2.46. The molecule has 2 atom stereocenters. The van der Waals surface area contributed by atoms with Crippen molar-refractivity contribution in [2.45, 2.75) is 32.2 Å². The first-order valence-corrected chi connectivity index (χ1v) is 7.56. The SMILES string of the molecule is CCN(C(=O)Nc1ccc(Cl)cc1)C1CCCC1CN. The molecule has 1 aromatic carbocycles. The number of nitrogens with zero attached hydrogens (tertiary/aromatic N) is 1. The molecule has 0 saturated heterocycles. The van der Waals surface area contributed by atoms with Crippen LogP contribution in [0.2, 0.25) is 5.02 Å². The van der Waals surface area contributed by atoms with Gasteiger partial charge in [-0.2, -0.15) is 0 Å². The van der Waals surface area contributed by atoms with E-state index in [2.05, 4.69) is 5.32 Å². The van der Waals surface area contributed by atoms with E-state index in [1.807, 2.05) is 24.0 Å². The summed E-state index contributed by atoms with van der Waals surface area (Å²) >= 11 is 5.84. The van der Waals surface area contributed by atoms with Crippen molar-refractivity contribution < 1.29 is 4.79 Å². The zero-order valence-corrected chi connectivity index (χ0v) is 12.6. The Morgan fingerprint density at radius 3 is 2.70 bits per heavy atom. The van der Waals surface area contributed by atoms with Crippen LogP contribution in [0.4, 0.5) is 10.5 Å². The van der Waals surface area contributed by atoms with E-state index < -0.39 is 0 Å². The summed E-state index contributed by atoms with van der Waals surface area (Å²) in [4.78, 5) is 14.3. The summed E-state index contributed by atoms with van der Waals surface area (Å²) in [5.74, 6) is 0.422. The number of nitrogens with two attached hydrogens (primary N) is 1. The number of rotatable bonds is 4. The van der Waals surface area contributed by atoms with Crippen molar-refractivity contribution in [1.29, 1.82) is 0 Å². The number of carbonyl (C=O) groups is 1. The number of amides is 2. The summed E-state index contributed by atoms with van der Waals surface area (Å²) in [7, 11) is 0. The van der Waals surface area contributed by atoms with E-state index in [4.69, 9.17) is 17.3 Å². The Morgan fingerprint density at radius 2 is 2.10 bits per heavy atom. The fraction of sp³-hybridized carbons (Fsp3) is 0.533. The number of anilines is 1. The normalized spacial score (nSPS) is 21.8. The number of urea groups is 1. The minimum atomic E-state index is -0.0554. The molecule has 0 radical (unpaired) electrons. The van der Waals surface area contributed by atoms with Crippen LogP contribution in [-0.2, 0) is 0 Å². The van der Waals surface area contributed by atoms with Gasteiger partial charge in [0.2, 0.25) is 0 Å². The monoisotopic (exact) mass is 295 g/mol. The van der Waals surface area contributed by atoms with Crippen LogP contribution in [0.5, 0.6) is 0 Å². The molecule has 0 heterocycles. The molecule has 0 bridgehead atoms. The molecule has 1 fully saturated rings. The van der Waals surface area contributed by atoms with Gasteiger partial charge in [0.05, 0.1) is 0 Å². The molecule has 1 aliphatic rings. The Bertz CT molecular complexity index is 449. The second-order valence-electron chi connectivity index (χ2n) is 5.22. The summed E-state index contributed by atoms with van der Waals surface area (Å²) < 4.78 is 0. The summed E-state index contributed by atoms with van der Waals surface area (Å²) in [5, 5.41) is 3.59. The number of nitrogens with one attached hydrogen (secondary N) is 1. The van der Waals surface area contributed by atoms with Crippen LogP contribution in [0, 0.1) is 5.92 Å². The standard InChI is InChI=1S/C15H22ClN3O/c1-2-19(14-5-3-4-11(14)10-17)15(20)18-13-8-6-12(16)7-9-13/h6-9,11,14H,2-5,10,17H2,1H3,(H,18,20). The summed E-state index contributed by atoms with van der Waals surface area (Å²) in [6, 6.07) is 7.36. The first-order chi connectivity index (χ1) is 9.65. The van der Waals surface area contributed by atoms with Crippen LogP contribution in [0.15, 0.2) is 24.3 Å². The van der Waals surface area contributed by atoms with Crippen molar-refractivity contribution in [3.8, 4) is 0 Å². The van der Waals surface area contributed by atoms with Crippen LogP contribution in [0.1, 0.15) is 26.2 Å². The Balaban J connectivity index is 2.03. The highest BCUT2D eigenvalue weighted by Gasteiger charge is 2.33. The van der Waals surface area contributed by atoms with Crippen molar-refractivity contribution in [2.24, 2.45) is 11.7 Å². The zero-order chi connectivity index (χ0) is 14.5. The van der Waals surface area contributed by atoms with Crippen LogP contribution in [0.3, 0.4) is 0 Å². The Morgan fingerprint density at radius 1 is 1.40 bits per heavy atom. The lowest BCUT2D eigenvalue weighted by atomic mass is 10.0. The van der Waals surface area contributed by atoms with Gasteiger partial charge in [0.1, 0.15) is 0 Å². The lowest BCUT2D eigenvalue weighted by Gasteiger charge is -2.31. The fourth-order valence-electron chi connectivity index (χ4n) is 2.96. The predicted octanol–water partition coefficient (Wildman–Crippen LogP) is 3.32. The Kier molecular flexibility index (Phi) is 5.26. The highest BCUT2D eigenvalue weighted by Crippen LogP contribution is 2.29. The fourth-order valence-corrected chi connectivity index (χ4v) is 3.09. The van der Waals surface area contributed by atoms with E-state index in [0.717, 1.165) is 24.9 Å². The number of hydrogen-bond acceptors (Lipinski definition) is 2. The highest BCUT2D eigenvalue weighted by atomic mass is 35.5. The average Bonchev–Trinajstić information content (AvgIpc) is 2.90. The van der Waals surface area contributed by atoms with E-state index >= 15 is 0 Å². The molecule has 4 nitrogen and oxygen atoms in total. The molecule has 5 heteroatoms. The molecule has 3 N–H and O–H groups in total. The third-order valence-electron chi connectivity index (χ3n) is 4.02. The zero-order valence-electron chi connectivity index (χ0n) is 11.8. The van der Waals surface area contributed by atoms with Gasteiger partial charge in [-0.25, -0.2) is 4.79 Å². The van der Waals surface area contributed by atoms with Crippen molar-refractivity contribution in [1.82, 2.24) is 4.90 Å².